The molecule has 1 atom stereocenters. The lowest BCUT2D eigenvalue weighted by atomic mass is 10.2. The van der Waals surface area contributed by atoms with Gasteiger partial charge in [0.2, 0.25) is 15.9 Å². The molecule has 4 rings (SSSR count). The molecular weight excluding hydrogens is 418 g/mol. The molecule has 2 aromatic carbocycles. The maximum Gasteiger partial charge on any atom is 0.261 e. The van der Waals surface area contributed by atoms with Crippen LogP contribution >= 0.6 is 0 Å². The van der Waals surface area contributed by atoms with Crippen molar-refractivity contribution in [1.29, 1.82) is 0 Å². The summed E-state index contributed by atoms with van der Waals surface area (Å²) in [7, 11) is -3.75. The summed E-state index contributed by atoms with van der Waals surface area (Å²) in [4.78, 5) is 21.7. The van der Waals surface area contributed by atoms with Crippen LogP contribution in [-0.4, -0.2) is 28.1 Å². The molecular formula is C21H21N5O4S. The molecule has 0 aliphatic heterocycles. The van der Waals surface area contributed by atoms with Crippen molar-refractivity contribution in [3.05, 3.63) is 82.0 Å². The summed E-state index contributed by atoms with van der Waals surface area (Å²) in [6.07, 6.45) is 0. The molecule has 9 nitrogen and oxygen atoms in total. The van der Waals surface area contributed by atoms with Gasteiger partial charge in [0, 0.05) is 0 Å². The molecule has 0 fully saturated rings. The van der Waals surface area contributed by atoms with Gasteiger partial charge in [-0.25, -0.2) is 13.4 Å². The van der Waals surface area contributed by atoms with Gasteiger partial charge in [0.15, 0.2) is 5.82 Å². The van der Waals surface area contributed by atoms with Crippen LogP contribution in [0.5, 0.6) is 0 Å². The third kappa shape index (κ3) is 4.25. The molecule has 0 radical (unpaired) electrons. The van der Waals surface area contributed by atoms with Gasteiger partial charge in [-0.3, -0.25) is 9.36 Å². The Morgan fingerprint density at radius 1 is 1.06 bits per heavy atom. The van der Waals surface area contributed by atoms with E-state index < -0.39 is 16.1 Å². The van der Waals surface area contributed by atoms with Gasteiger partial charge in [-0.2, -0.15) is 9.71 Å². The molecule has 0 amide bonds. The predicted octanol–water partition coefficient (Wildman–Crippen LogP) is 2.48. The van der Waals surface area contributed by atoms with Gasteiger partial charge >= 0.3 is 0 Å². The zero-order valence-electron chi connectivity index (χ0n) is 17.2. The Labute approximate surface area is 178 Å². The number of sulfonamides is 1. The van der Waals surface area contributed by atoms with Crippen molar-refractivity contribution in [2.45, 2.75) is 38.3 Å². The smallest absolute Gasteiger partial charge is 0.261 e. The minimum absolute atomic E-state index is 0.0590. The van der Waals surface area contributed by atoms with Gasteiger partial charge in [-0.05, 0) is 45.0 Å². The molecule has 160 valence electrons. The fourth-order valence-electron chi connectivity index (χ4n) is 3.18. The van der Waals surface area contributed by atoms with Crippen molar-refractivity contribution in [3.63, 3.8) is 0 Å². The third-order valence-corrected chi connectivity index (χ3v) is 6.43. The zero-order valence-corrected chi connectivity index (χ0v) is 18.0. The average molecular weight is 439 g/mol. The average Bonchev–Trinajstić information content (AvgIpc) is 3.20. The Morgan fingerprint density at radius 2 is 1.77 bits per heavy atom. The van der Waals surface area contributed by atoms with Crippen LogP contribution in [-0.2, 0) is 16.6 Å². The van der Waals surface area contributed by atoms with E-state index in [-0.39, 0.29) is 28.7 Å². The standard InChI is InChI=1S/C21H21N5O4S/c1-13-8-10-16(11-9-13)31(28,29)25-14(2)20-23-19(24-30-20)12-26-15(3)22-18-7-5-4-6-17(18)21(26)27/h4-11,14,25H,12H2,1-3H3/t14-/m1/s1. The number of nitrogens with zero attached hydrogens (tertiary/aromatic N) is 4. The van der Waals surface area contributed by atoms with Crippen LogP contribution in [0.2, 0.25) is 0 Å². The van der Waals surface area contributed by atoms with Crippen molar-refractivity contribution in [2.75, 3.05) is 0 Å². The number of benzene rings is 2. The van der Waals surface area contributed by atoms with Gasteiger partial charge in [-0.1, -0.05) is 35.0 Å². The SMILES string of the molecule is Cc1ccc(S(=O)(=O)N[C@H](C)c2nc(Cn3c(C)nc4ccccc4c3=O)no2)cc1. The first-order chi connectivity index (χ1) is 14.7. The molecule has 31 heavy (non-hydrogen) atoms. The number of para-hydroxylation sites is 1. The predicted molar refractivity (Wildman–Crippen MR) is 114 cm³/mol. The molecule has 10 heteroatoms. The second-order valence-corrected chi connectivity index (χ2v) is 8.99. The Morgan fingerprint density at radius 3 is 2.52 bits per heavy atom. The molecule has 0 spiro atoms. The number of fused-ring (bicyclic) bond motifs is 1. The van der Waals surface area contributed by atoms with E-state index in [1.54, 1.807) is 44.2 Å². The second-order valence-electron chi connectivity index (χ2n) is 7.27. The fourth-order valence-corrected chi connectivity index (χ4v) is 4.38. The number of nitrogens with one attached hydrogen (secondary N) is 1. The molecule has 1 N–H and O–H groups in total. The zero-order chi connectivity index (χ0) is 22.2. The number of aromatic nitrogens is 4. The first-order valence-corrected chi connectivity index (χ1v) is 11.1. The summed E-state index contributed by atoms with van der Waals surface area (Å²) in [5.41, 5.74) is 1.37. The molecule has 0 aliphatic rings. The molecule has 0 aliphatic carbocycles. The number of aryl methyl sites for hydroxylation is 2. The summed E-state index contributed by atoms with van der Waals surface area (Å²) in [6, 6.07) is 12.9. The van der Waals surface area contributed by atoms with E-state index in [9.17, 15) is 13.2 Å². The van der Waals surface area contributed by atoms with E-state index in [1.165, 1.54) is 16.7 Å². The highest BCUT2D eigenvalue weighted by Gasteiger charge is 2.23. The minimum Gasteiger partial charge on any atom is -0.338 e. The van der Waals surface area contributed by atoms with Crippen LogP contribution in [0.3, 0.4) is 0 Å². The van der Waals surface area contributed by atoms with E-state index in [4.69, 9.17) is 4.52 Å². The largest absolute Gasteiger partial charge is 0.338 e. The summed E-state index contributed by atoms with van der Waals surface area (Å²) >= 11 is 0. The van der Waals surface area contributed by atoms with E-state index >= 15 is 0 Å². The van der Waals surface area contributed by atoms with Gasteiger partial charge < -0.3 is 4.52 Å². The number of hydrogen-bond acceptors (Lipinski definition) is 7. The van der Waals surface area contributed by atoms with Crippen LogP contribution in [0.15, 0.2) is 62.7 Å². The topological polar surface area (TPSA) is 120 Å². The molecule has 2 heterocycles. The van der Waals surface area contributed by atoms with E-state index in [0.29, 0.717) is 16.7 Å². The maximum absolute atomic E-state index is 12.8. The quantitative estimate of drug-likeness (QED) is 0.490. The number of rotatable bonds is 6. The second kappa shape index (κ2) is 8.05. The Bertz CT molecular complexity index is 1410. The van der Waals surface area contributed by atoms with Crippen LogP contribution in [0.4, 0.5) is 0 Å². The lowest BCUT2D eigenvalue weighted by Gasteiger charge is -2.10. The molecule has 0 unspecified atom stereocenters. The molecule has 0 saturated carbocycles. The summed E-state index contributed by atoms with van der Waals surface area (Å²) in [5, 5.41) is 4.40. The molecule has 0 saturated heterocycles. The van der Waals surface area contributed by atoms with Gasteiger partial charge in [-0.15, -0.1) is 0 Å². The normalized spacial score (nSPS) is 12.9. The molecule has 4 aromatic rings. The van der Waals surface area contributed by atoms with E-state index in [1.807, 2.05) is 13.0 Å². The van der Waals surface area contributed by atoms with Crippen LogP contribution in [0.1, 0.15) is 36.1 Å². The lowest BCUT2D eigenvalue weighted by Crippen LogP contribution is -2.27. The molecule has 2 aromatic heterocycles. The summed E-state index contributed by atoms with van der Waals surface area (Å²) in [6.45, 7) is 5.28. The summed E-state index contributed by atoms with van der Waals surface area (Å²) < 4.78 is 34.4. The molecule has 0 bridgehead atoms. The first-order valence-electron chi connectivity index (χ1n) is 9.62. The maximum atomic E-state index is 12.8. The lowest BCUT2D eigenvalue weighted by molar-refractivity contribution is 0.348. The highest BCUT2D eigenvalue weighted by Crippen LogP contribution is 2.17. The Kier molecular flexibility index (Phi) is 5.42. The Balaban J connectivity index is 1.55. The Hall–Kier alpha value is -3.37. The minimum atomic E-state index is -3.75. The third-order valence-electron chi connectivity index (χ3n) is 4.87. The van der Waals surface area contributed by atoms with Gasteiger partial charge in [0.25, 0.3) is 5.56 Å². The van der Waals surface area contributed by atoms with Crippen LogP contribution in [0.25, 0.3) is 10.9 Å². The van der Waals surface area contributed by atoms with Gasteiger partial charge in [0.1, 0.15) is 5.82 Å². The van der Waals surface area contributed by atoms with Crippen molar-refractivity contribution in [2.24, 2.45) is 0 Å². The van der Waals surface area contributed by atoms with Crippen molar-refractivity contribution >= 4 is 20.9 Å². The van der Waals surface area contributed by atoms with Crippen molar-refractivity contribution < 1.29 is 12.9 Å². The van der Waals surface area contributed by atoms with Crippen LogP contribution in [0, 0.1) is 13.8 Å². The first kappa shape index (κ1) is 20.9. The van der Waals surface area contributed by atoms with Crippen LogP contribution < -0.4 is 10.3 Å². The monoisotopic (exact) mass is 439 g/mol. The fraction of sp³-hybridized carbons (Fsp3) is 0.238. The summed E-state index contributed by atoms with van der Waals surface area (Å²) in [5.74, 6) is 0.868. The van der Waals surface area contributed by atoms with E-state index in [0.717, 1.165) is 5.56 Å². The van der Waals surface area contributed by atoms with E-state index in [2.05, 4.69) is 19.8 Å². The van der Waals surface area contributed by atoms with Crippen molar-refractivity contribution in [3.8, 4) is 0 Å². The van der Waals surface area contributed by atoms with Gasteiger partial charge in [0.05, 0.1) is 28.4 Å². The number of hydrogen-bond donors (Lipinski definition) is 1. The van der Waals surface area contributed by atoms with Crippen molar-refractivity contribution in [1.82, 2.24) is 24.4 Å². The highest BCUT2D eigenvalue weighted by molar-refractivity contribution is 7.89. The highest BCUT2D eigenvalue weighted by atomic mass is 32.2.